The van der Waals surface area contributed by atoms with Gasteiger partial charge in [-0.25, -0.2) is 4.99 Å². The van der Waals surface area contributed by atoms with Gasteiger partial charge in [0, 0.05) is 22.4 Å². The van der Waals surface area contributed by atoms with E-state index in [9.17, 15) is 9.59 Å². The zero-order valence-electron chi connectivity index (χ0n) is 21.2. The molecule has 2 heterocycles. The van der Waals surface area contributed by atoms with E-state index in [1.54, 1.807) is 0 Å². The summed E-state index contributed by atoms with van der Waals surface area (Å²) in [6.07, 6.45) is 1.06. The highest BCUT2D eigenvalue weighted by molar-refractivity contribution is 8.16. The third kappa shape index (κ3) is 5.52. The molecule has 0 saturated carbocycles. The van der Waals surface area contributed by atoms with Crippen molar-refractivity contribution in [3.8, 4) is 0 Å². The van der Waals surface area contributed by atoms with Gasteiger partial charge in [-0.2, -0.15) is 0 Å². The number of fused-ring (bicyclic) bond motifs is 1. The molecule has 2 amide bonds. The molecule has 4 rings (SSSR count). The molecule has 188 valence electrons. The number of nitrogens with one attached hydrogen (secondary N) is 2. The monoisotopic (exact) mass is 522 g/mol. The maximum atomic E-state index is 13.8. The Balaban J connectivity index is 1.71. The van der Waals surface area contributed by atoms with Crippen LogP contribution in [0.1, 0.15) is 56.3 Å². The topological polar surface area (TPSA) is 73.8 Å². The normalized spacial score (nSPS) is 17.8. The Morgan fingerprint density at radius 2 is 1.86 bits per heavy atom. The minimum Gasteiger partial charge on any atom is -0.353 e. The molecule has 2 atom stereocenters. The fourth-order valence-corrected chi connectivity index (χ4v) is 5.45. The quantitative estimate of drug-likeness (QED) is 0.436. The van der Waals surface area contributed by atoms with Gasteiger partial charge >= 0.3 is 0 Å². The third-order valence-corrected chi connectivity index (χ3v) is 7.56. The highest BCUT2D eigenvalue weighted by Crippen LogP contribution is 2.45. The highest BCUT2D eigenvalue weighted by atomic mass is 35.5. The largest absolute Gasteiger partial charge is 0.353 e. The number of aliphatic imine (C=N–C) groups is 1. The van der Waals surface area contributed by atoms with Gasteiger partial charge in [0.1, 0.15) is 0 Å². The number of thioether (sulfide) groups is 1. The number of amides is 2. The van der Waals surface area contributed by atoms with Crippen LogP contribution in [-0.4, -0.2) is 27.9 Å². The van der Waals surface area contributed by atoms with Gasteiger partial charge < -0.3 is 15.5 Å². The molecule has 2 aromatic rings. The number of benzene rings is 2. The van der Waals surface area contributed by atoms with E-state index in [4.69, 9.17) is 16.6 Å². The first-order valence-electron chi connectivity index (χ1n) is 12.1. The second-order valence-corrected chi connectivity index (χ2v) is 10.5. The van der Waals surface area contributed by atoms with Crippen molar-refractivity contribution in [3.05, 3.63) is 86.6 Å². The Hall–Kier alpha value is -3.03. The average Bonchev–Trinajstić information content (AvgIpc) is 3.22. The zero-order chi connectivity index (χ0) is 26.0. The molecule has 0 saturated heterocycles. The number of rotatable bonds is 7. The highest BCUT2D eigenvalue weighted by Gasteiger charge is 2.40. The summed E-state index contributed by atoms with van der Waals surface area (Å²) >= 11 is 7.66. The van der Waals surface area contributed by atoms with E-state index in [1.165, 1.54) is 11.8 Å². The molecule has 6 nitrogen and oxygen atoms in total. The van der Waals surface area contributed by atoms with Gasteiger partial charge in [0.05, 0.1) is 23.7 Å². The molecular weight excluding hydrogens is 492 g/mol. The van der Waals surface area contributed by atoms with Gasteiger partial charge in [0.15, 0.2) is 5.17 Å². The van der Waals surface area contributed by atoms with Gasteiger partial charge in [-0.15, -0.1) is 0 Å². The van der Waals surface area contributed by atoms with E-state index in [-0.39, 0.29) is 24.3 Å². The first-order valence-corrected chi connectivity index (χ1v) is 13.3. The summed E-state index contributed by atoms with van der Waals surface area (Å²) in [6, 6.07) is 13.1. The number of nitrogens with zero attached hydrogens (tertiary/aromatic N) is 2. The second kappa shape index (κ2) is 10.9. The van der Waals surface area contributed by atoms with Crippen molar-refractivity contribution < 1.29 is 9.59 Å². The number of allylic oxidation sites excluding steroid dienone is 1. The molecule has 0 bridgehead atoms. The van der Waals surface area contributed by atoms with Crippen molar-refractivity contribution >= 4 is 46.0 Å². The molecule has 8 heteroatoms. The zero-order valence-corrected chi connectivity index (χ0v) is 22.8. The van der Waals surface area contributed by atoms with Crippen LogP contribution in [0.4, 0.5) is 5.69 Å². The third-order valence-electron chi connectivity index (χ3n) is 6.42. The van der Waals surface area contributed by atoms with Gasteiger partial charge in [0.25, 0.3) is 5.91 Å². The molecule has 0 unspecified atom stereocenters. The average molecular weight is 523 g/mol. The SMILES string of the molecule is CC[C@H](C)NC(=O)CC1=CSC2=NC(C)=C(C(=O)Nc3ccc(C)cc3C)[C@H](c3ccc(Cl)cc3)N12. The summed E-state index contributed by atoms with van der Waals surface area (Å²) in [5.74, 6) is -0.276. The number of hydrogen-bond donors (Lipinski definition) is 2. The predicted molar refractivity (Wildman–Crippen MR) is 149 cm³/mol. The van der Waals surface area contributed by atoms with Gasteiger partial charge in [-0.1, -0.05) is 60.1 Å². The van der Waals surface area contributed by atoms with Crippen LogP contribution in [-0.2, 0) is 9.59 Å². The maximum Gasteiger partial charge on any atom is 0.255 e. The van der Waals surface area contributed by atoms with Crippen molar-refractivity contribution in [2.24, 2.45) is 4.99 Å². The van der Waals surface area contributed by atoms with Crippen LogP contribution >= 0.6 is 23.4 Å². The van der Waals surface area contributed by atoms with Crippen LogP contribution in [0.15, 0.2) is 69.8 Å². The summed E-state index contributed by atoms with van der Waals surface area (Å²) in [7, 11) is 0. The summed E-state index contributed by atoms with van der Waals surface area (Å²) in [6.45, 7) is 9.89. The van der Waals surface area contributed by atoms with Gasteiger partial charge in [0.2, 0.25) is 5.91 Å². The molecule has 2 aromatic carbocycles. The summed E-state index contributed by atoms with van der Waals surface area (Å²) < 4.78 is 0. The molecular formula is C28H31ClN4O2S. The lowest BCUT2D eigenvalue weighted by Crippen LogP contribution is -2.39. The molecule has 0 aromatic heterocycles. The molecule has 0 fully saturated rings. The fourth-order valence-electron chi connectivity index (χ4n) is 4.36. The van der Waals surface area contributed by atoms with E-state index in [2.05, 4.69) is 10.6 Å². The number of carbonyl (C=O) groups is 2. The van der Waals surface area contributed by atoms with Crippen molar-refractivity contribution in [1.82, 2.24) is 10.2 Å². The Morgan fingerprint density at radius 1 is 1.14 bits per heavy atom. The Labute approximate surface area is 221 Å². The van der Waals surface area contributed by atoms with E-state index in [1.807, 2.05) is 87.4 Å². The van der Waals surface area contributed by atoms with Crippen molar-refractivity contribution in [1.29, 1.82) is 0 Å². The molecule has 2 aliphatic rings. The molecule has 0 spiro atoms. The second-order valence-electron chi connectivity index (χ2n) is 9.27. The lowest BCUT2D eigenvalue weighted by molar-refractivity contribution is -0.121. The van der Waals surface area contributed by atoms with Crippen molar-refractivity contribution in [3.63, 3.8) is 0 Å². The number of amidine groups is 1. The molecule has 2 aliphatic heterocycles. The van der Waals surface area contributed by atoms with E-state index in [0.717, 1.165) is 39.7 Å². The summed E-state index contributed by atoms with van der Waals surface area (Å²) in [5, 5.41) is 9.45. The Morgan fingerprint density at radius 3 is 2.53 bits per heavy atom. The molecule has 0 radical (unpaired) electrons. The van der Waals surface area contributed by atoms with E-state index < -0.39 is 6.04 Å². The van der Waals surface area contributed by atoms with Crippen LogP contribution in [0.25, 0.3) is 0 Å². The molecule has 2 N–H and O–H groups in total. The van der Waals surface area contributed by atoms with Crippen LogP contribution in [0.5, 0.6) is 0 Å². The predicted octanol–water partition coefficient (Wildman–Crippen LogP) is 6.48. The minimum atomic E-state index is -0.446. The maximum absolute atomic E-state index is 13.8. The van der Waals surface area contributed by atoms with Gasteiger partial charge in [-0.3, -0.25) is 9.59 Å². The summed E-state index contributed by atoms with van der Waals surface area (Å²) in [4.78, 5) is 33.3. The lowest BCUT2D eigenvalue weighted by Gasteiger charge is -2.36. The van der Waals surface area contributed by atoms with Crippen molar-refractivity contribution in [2.75, 3.05) is 5.32 Å². The summed E-state index contributed by atoms with van der Waals surface area (Å²) in [5.41, 5.74) is 5.77. The number of aryl methyl sites for hydroxylation is 2. The van der Waals surface area contributed by atoms with E-state index in [0.29, 0.717) is 16.3 Å². The Bertz CT molecular complexity index is 1280. The van der Waals surface area contributed by atoms with Crippen LogP contribution < -0.4 is 10.6 Å². The molecule has 36 heavy (non-hydrogen) atoms. The fraction of sp³-hybridized carbons (Fsp3) is 0.321. The van der Waals surface area contributed by atoms with Gasteiger partial charge in [-0.05, 0) is 68.8 Å². The standard InChI is InChI=1S/C28H31ClN4O2S/c1-6-18(4)30-24(34)14-22-15-36-28-31-19(5)25(26(33(22)28)20-8-10-21(29)11-9-20)27(35)32-23-12-7-16(2)13-17(23)3/h7-13,15,18,26H,6,14H2,1-5H3,(H,30,34)(H,32,35)/t18-,26-/m0/s1. The number of hydrogen-bond acceptors (Lipinski definition) is 5. The smallest absolute Gasteiger partial charge is 0.255 e. The van der Waals surface area contributed by atoms with Crippen LogP contribution in [0.2, 0.25) is 5.02 Å². The number of halogens is 1. The van der Waals surface area contributed by atoms with Crippen molar-refractivity contribution in [2.45, 2.75) is 59.5 Å². The first kappa shape index (κ1) is 26.0. The number of carbonyl (C=O) groups excluding carboxylic acids is 2. The molecule has 0 aliphatic carbocycles. The van der Waals surface area contributed by atoms with E-state index >= 15 is 0 Å². The lowest BCUT2D eigenvalue weighted by atomic mass is 9.93. The minimum absolute atomic E-state index is 0.0557. The first-order chi connectivity index (χ1) is 17.2. The van der Waals surface area contributed by atoms with Crippen LogP contribution in [0, 0.1) is 13.8 Å². The number of anilines is 1. The van der Waals surface area contributed by atoms with Crippen LogP contribution in [0.3, 0.4) is 0 Å². The Kier molecular flexibility index (Phi) is 7.91.